The van der Waals surface area contributed by atoms with Gasteiger partial charge in [0.1, 0.15) is 12.4 Å². The third-order valence-electron chi connectivity index (χ3n) is 5.96. The first-order chi connectivity index (χ1) is 15.5. The first-order valence-electron chi connectivity index (χ1n) is 11.8. The van der Waals surface area contributed by atoms with Crippen LogP contribution in [0.1, 0.15) is 50.8 Å². The summed E-state index contributed by atoms with van der Waals surface area (Å²) in [5.74, 6) is 0.897. The highest BCUT2D eigenvalue weighted by Crippen LogP contribution is 2.32. The van der Waals surface area contributed by atoms with Crippen molar-refractivity contribution in [3.8, 4) is 16.9 Å². The van der Waals surface area contributed by atoms with Crippen LogP contribution in [0.25, 0.3) is 11.1 Å². The van der Waals surface area contributed by atoms with Crippen LogP contribution in [0.15, 0.2) is 72.8 Å². The van der Waals surface area contributed by atoms with Crippen molar-refractivity contribution >= 4 is 0 Å². The Labute approximate surface area is 194 Å². The van der Waals surface area contributed by atoms with Crippen molar-refractivity contribution in [2.45, 2.75) is 65.8 Å². The van der Waals surface area contributed by atoms with Crippen molar-refractivity contribution in [3.05, 3.63) is 89.5 Å². The van der Waals surface area contributed by atoms with Gasteiger partial charge in [0.05, 0.1) is 0 Å². The largest absolute Gasteiger partial charge is 0.488 e. The molecule has 0 radical (unpaired) electrons. The van der Waals surface area contributed by atoms with Crippen LogP contribution < -0.4 is 10.5 Å². The van der Waals surface area contributed by atoms with Crippen molar-refractivity contribution in [1.82, 2.24) is 4.90 Å². The predicted octanol–water partition coefficient (Wildman–Crippen LogP) is 6.44. The van der Waals surface area contributed by atoms with E-state index in [-0.39, 0.29) is 0 Å². The number of aryl methyl sites for hydroxylation is 1. The second-order valence-electron chi connectivity index (χ2n) is 9.04. The van der Waals surface area contributed by atoms with E-state index in [4.69, 9.17) is 10.5 Å². The molecule has 3 nitrogen and oxygen atoms in total. The van der Waals surface area contributed by atoms with E-state index in [1.807, 2.05) is 18.2 Å². The normalized spacial score (nSPS) is 11.5. The van der Waals surface area contributed by atoms with E-state index in [0.29, 0.717) is 25.2 Å². The third-order valence-corrected chi connectivity index (χ3v) is 5.96. The Morgan fingerprint density at radius 3 is 2.19 bits per heavy atom. The standard InChI is InChI=1S/C29H38N2O/c1-22(2)31(23(3)4)17-9-13-24-12-8-14-27(18-24)28-19-26(20-30)15-16-29(28)32-21-25-10-6-5-7-11-25/h5-8,10-12,14-16,18-19,22-23H,9,13,17,20-21,30H2,1-4H3. The molecule has 0 atom stereocenters. The van der Waals surface area contributed by atoms with Crippen LogP contribution in [0.3, 0.4) is 0 Å². The predicted molar refractivity (Wildman–Crippen MR) is 136 cm³/mol. The fourth-order valence-electron chi connectivity index (χ4n) is 4.26. The minimum Gasteiger partial charge on any atom is -0.488 e. The van der Waals surface area contributed by atoms with Crippen LogP contribution in [0.5, 0.6) is 5.75 Å². The van der Waals surface area contributed by atoms with Gasteiger partial charge in [0, 0.05) is 24.2 Å². The lowest BCUT2D eigenvalue weighted by Crippen LogP contribution is -2.37. The Morgan fingerprint density at radius 1 is 0.781 bits per heavy atom. The highest BCUT2D eigenvalue weighted by atomic mass is 16.5. The molecule has 3 rings (SSSR count). The van der Waals surface area contributed by atoms with Gasteiger partial charge >= 0.3 is 0 Å². The van der Waals surface area contributed by atoms with E-state index in [0.717, 1.165) is 41.8 Å². The first kappa shape index (κ1) is 24.0. The second kappa shape index (κ2) is 11.8. The zero-order chi connectivity index (χ0) is 22.9. The molecule has 0 aliphatic rings. The van der Waals surface area contributed by atoms with Gasteiger partial charge in [-0.1, -0.05) is 60.7 Å². The topological polar surface area (TPSA) is 38.5 Å². The summed E-state index contributed by atoms with van der Waals surface area (Å²) < 4.78 is 6.23. The lowest BCUT2D eigenvalue weighted by Gasteiger charge is -2.30. The van der Waals surface area contributed by atoms with E-state index < -0.39 is 0 Å². The van der Waals surface area contributed by atoms with E-state index in [1.165, 1.54) is 11.1 Å². The number of ether oxygens (including phenoxy) is 1. The van der Waals surface area contributed by atoms with Crippen LogP contribution in [0, 0.1) is 0 Å². The highest BCUT2D eigenvalue weighted by Gasteiger charge is 2.13. The minimum atomic E-state index is 0.520. The van der Waals surface area contributed by atoms with Crippen molar-refractivity contribution in [1.29, 1.82) is 0 Å². The highest BCUT2D eigenvalue weighted by molar-refractivity contribution is 5.71. The lowest BCUT2D eigenvalue weighted by atomic mass is 9.98. The summed E-state index contributed by atoms with van der Waals surface area (Å²) in [4.78, 5) is 2.56. The van der Waals surface area contributed by atoms with Gasteiger partial charge in [-0.05, 0) is 81.5 Å². The molecule has 32 heavy (non-hydrogen) atoms. The first-order valence-corrected chi connectivity index (χ1v) is 11.8. The second-order valence-corrected chi connectivity index (χ2v) is 9.04. The summed E-state index contributed by atoms with van der Waals surface area (Å²) in [5, 5.41) is 0. The molecule has 0 unspecified atom stereocenters. The quantitative estimate of drug-likeness (QED) is 0.380. The number of hydrogen-bond acceptors (Lipinski definition) is 3. The van der Waals surface area contributed by atoms with Crippen molar-refractivity contribution in [2.75, 3.05) is 6.54 Å². The monoisotopic (exact) mass is 430 g/mol. The SMILES string of the molecule is CC(C)N(CCCc1cccc(-c2cc(CN)ccc2OCc2ccccc2)c1)C(C)C. The van der Waals surface area contributed by atoms with Gasteiger partial charge in [-0.2, -0.15) is 0 Å². The van der Waals surface area contributed by atoms with E-state index in [9.17, 15) is 0 Å². The van der Waals surface area contributed by atoms with E-state index in [1.54, 1.807) is 0 Å². The minimum absolute atomic E-state index is 0.520. The van der Waals surface area contributed by atoms with Crippen molar-refractivity contribution in [3.63, 3.8) is 0 Å². The molecule has 0 amide bonds. The number of hydrogen-bond donors (Lipinski definition) is 1. The van der Waals surface area contributed by atoms with Crippen LogP contribution in [-0.4, -0.2) is 23.5 Å². The zero-order valence-electron chi connectivity index (χ0n) is 20.1. The average Bonchev–Trinajstić information content (AvgIpc) is 2.80. The lowest BCUT2D eigenvalue weighted by molar-refractivity contribution is 0.173. The molecule has 0 aliphatic carbocycles. The van der Waals surface area contributed by atoms with Gasteiger partial charge in [-0.25, -0.2) is 0 Å². The van der Waals surface area contributed by atoms with Gasteiger partial charge in [0.25, 0.3) is 0 Å². The maximum Gasteiger partial charge on any atom is 0.127 e. The van der Waals surface area contributed by atoms with Crippen LogP contribution in [0.2, 0.25) is 0 Å². The Hall–Kier alpha value is -2.62. The van der Waals surface area contributed by atoms with Gasteiger partial charge in [-0.15, -0.1) is 0 Å². The van der Waals surface area contributed by atoms with Gasteiger partial charge in [-0.3, -0.25) is 4.90 Å². The molecule has 2 N–H and O–H groups in total. The van der Waals surface area contributed by atoms with Crippen LogP contribution in [0.4, 0.5) is 0 Å². The molecule has 0 aromatic heterocycles. The van der Waals surface area contributed by atoms with Crippen molar-refractivity contribution < 1.29 is 4.74 Å². The molecule has 0 aliphatic heterocycles. The smallest absolute Gasteiger partial charge is 0.127 e. The molecule has 170 valence electrons. The van der Waals surface area contributed by atoms with Gasteiger partial charge < -0.3 is 10.5 Å². The van der Waals surface area contributed by atoms with Crippen LogP contribution in [-0.2, 0) is 19.6 Å². The molecule has 0 bridgehead atoms. The maximum atomic E-state index is 6.23. The molecular formula is C29H38N2O. The molecule has 0 saturated carbocycles. The number of benzene rings is 3. The van der Waals surface area contributed by atoms with E-state index >= 15 is 0 Å². The maximum absolute atomic E-state index is 6.23. The Balaban J connectivity index is 1.76. The summed E-state index contributed by atoms with van der Waals surface area (Å²) >= 11 is 0. The molecule has 0 fully saturated rings. The molecular weight excluding hydrogens is 392 g/mol. The molecule has 3 aromatic carbocycles. The Kier molecular flexibility index (Phi) is 8.90. The number of nitrogens with zero attached hydrogens (tertiary/aromatic N) is 1. The molecule has 0 heterocycles. The van der Waals surface area contributed by atoms with E-state index in [2.05, 4.69) is 87.2 Å². The molecule has 3 aromatic rings. The zero-order valence-corrected chi connectivity index (χ0v) is 20.1. The summed E-state index contributed by atoms with van der Waals surface area (Å²) in [7, 11) is 0. The number of nitrogens with two attached hydrogens (primary N) is 1. The Morgan fingerprint density at radius 2 is 1.50 bits per heavy atom. The fourth-order valence-corrected chi connectivity index (χ4v) is 4.26. The van der Waals surface area contributed by atoms with Crippen molar-refractivity contribution in [2.24, 2.45) is 5.73 Å². The van der Waals surface area contributed by atoms with Gasteiger partial charge in [0.15, 0.2) is 0 Å². The third kappa shape index (κ3) is 6.69. The molecule has 3 heteroatoms. The molecule has 0 spiro atoms. The van der Waals surface area contributed by atoms with Gasteiger partial charge in [0.2, 0.25) is 0 Å². The number of rotatable bonds is 11. The fraction of sp³-hybridized carbons (Fsp3) is 0.379. The summed E-state index contributed by atoms with van der Waals surface area (Å²) in [5.41, 5.74) is 11.9. The summed E-state index contributed by atoms with van der Waals surface area (Å²) in [6, 6.07) is 26.6. The Bertz CT molecular complexity index is 958. The average molecular weight is 431 g/mol. The summed E-state index contributed by atoms with van der Waals surface area (Å²) in [6.45, 7) is 11.3. The molecule has 0 saturated heterocycles. The van der Waals surface area contributed by atoms with Crippen LogP contribution >= 0.6 is 0 Å². The summed E-state index contributed by atoms with van der Waals surface area (Å²) in [6.07, 6.45) is 2.22.